The maximum absolute atomic E-state index is 13.4. The molecule has 0 radical (unpaired) electrons. The summed E-state index contributed by atoms with van der Waals surface area (Å²) < 4.78 is 8.28. The van der Waals surface area contributed by atoms with Gasteiger partial charge in [0.2, 0.25) is 5.95 Å². The molecule has 0 atom stereocenters. The Morgan fingerprint density at radius 3 is 2.40 bits per heavy atom. The van der Waals surface area contributed by atoms with Crippen LogP contribution in [0.2, 0.25) is 0 Å². The zero-order valence-corrected chi connectivity index (χ0v) is 20.6. The lowest BCUT2D eigenvalue weighted by atomic mass is 10.1. The number of hydrogen-bond acceptors (Lipinski definition) is 6. The second kappa shape index (κ2) is 11.5. The molecule has 186 valence electrons. The third kappa shape index (κ3) is 7.05. The standard InChI is InChI=1S/C26H32N4O5/c1-17(2)35-22-13-12-21(15-19(22)4)27-24-28-25(33)29(14-6-5-7-23(31)32)26(34)30(24)16-20-10-8-18(3)9-11-20/h8-13,15,17H,5-7,14,16H2,1-4H3,(H,31,32)(H,27,28,33). The van der Waals surface area contributed by atoms with E-state index >= 15 is 0 Å². The number of nitrogens with one attached hydrogen (secondary N) is 1. The molecule has 0 bridgehead atoms. The highest BCUT2D eigenvalue weighted by atomic mass is 16.5. The molecular formula is C26H32N4O5. The van der Waals surface area contributed by atoms with Crippen LogP contribution in [0.3, 0.4) is 0 Å². The number of ether oxygens (including phenoxy) is 1. The largest absolute Gasteiger partial charge is 0.491 e. The van der Waals surface area contributed by atoms with Gasteiger partial charge in [-0.15, -0.1) is 0 Å². The Labute approximate surface area is 204 Å². The highest BCUT2D eigenvalue weighted by Gasteiger charge is 2.15. The molecule has 2 N–H and O–H groups in total. The van der Waals surface area contributed by atoms with Crippen molar-refractivity contribution >= 4 is 17.6 Å². The number of aromatic nitrogens is 3. The van der Waals surface area contributed by atoms with Crippen LogP contribution in [0.5, 0.6) is 5.75 Å². The van der Waals surface area contributed by atoms with Crippen LogP contribution < -0.4 is 21.4 Å². The average molecular weight is 481 g/mol. The Morgan fingerprint density at radius 2 is 1.77 bits per heavy atom. The Morgan fingerprint density at radius 1 is 1.06 bits per heavy atom. The van der Waals surface area contributed by atoms with Crippen LogP contribution in [0.15, 0.2) is 52.1 Å². The van der Waals surface area contributed by atoms with Crippen molar-refractivity contribution in [3.8, 4) is 5.75 Å². The molecule has 2 aromatic carbocycles. The lowest BCUT2D eigenvalue weighted by Gasteiger charge is -2.17. The summed E-state index contributed by atoms with van der Waals surface area (Å²) in [5.41, 5.74) is 2.38. The molecule has 9 heteroatoms. The van der Waals surface area contributed by atoms with Gasteiger partial charge in [-0.05, 0) is 69.9 Å². The van der Waals surface area contributed by atoms with E-state index in [1.54, 1.807) is 0 Å². The fourth-order valence-electron chi connectivity index (χ4n) is 3.62. The summed E-state index contributed by atoms with van der Waals surface area (Å²) in [5.74, 6) is -0.0152. The topological polar surface area (TPSA) is 115 Å². The Kier molecular flexibility index (Phi) is 8.46. The van der Waals surface area contributed by atoms with E-state index in [-0.39, 0.29) is 31.6 Å². The van der Waals surface area contributed by atoms with Gasteiger partial charge in [0.25, 0.3) is 0 Å². The summed E-state index contributed by atoms with van der Waals surface area (Å²) in [5, 5.41) is 12.0. The number of carbonyl (C=O) groups is 1. The van der Waals surface area contributed by atoms with Gasteiger partial charge in [0, 0.05) is 18.7 Å². The van der Waals surface area contributed by atoms with E-state index in [1.165, 1.54) is 4.57 Å². The Balaban J connectivity index is 1.96. The van der Waals surface area contributed by atoms with Crippen molar-refractivity contribution in [3.63, 3.8) is 0 Å². The first-order valence-electron chi connectivity index (χ1n) is 11.7. The van der Waals surface area contributed by atoms with Crippen LogP contribution in [0, 0.1) is 13.8 Å². The predicted octanol–water partition coefficient (Wildman–Crippen LogP) is 3.86. The van der Waals surface area contributed by atoms with Gasteiger partial charge >= 0.3 is 17.3 Å². The van der Waals surface area contributed by atoms with E-state index in [0.29, 0.717) is 18.5 Å². The van der Waals surface area contributed by atoms with Gasteiger partial charge in [0.15, 0.2) is 0 Å². The number of rotatable bonds is 11. The monoisotopic (exact) mass is 480 g/mol. The molecule has 0 fully saturated rings. The zero-order chi connectivity index (χ0) is 25.5. The van der Waals surface area contributed by atoms with Crippen molar-refractivity contribution in [2.75, 3.05) is 5.32 Å². The van der Waals surface area contributed by atoms with E-state index in [4.69, 9.17) is 9.84 Å². The van der Waals surface area contributed by atoms with Crippen molar-refractivity contribution in [1.29, 1.82) is 0 Å². The number of carboxylic acids is 1. The zero-order valence-electron chi connectivity index (χ0n) is 20.6. The summed E-state index contributed by atoms with van der Waals surface area (Å²) in [6.07, 6.45) is 0.770. The smallest absolute Gasteiger partial charge is 0.354 e. The van der Waals surface area contributed by atoms with Crippen molar-refractivity contribution in [2.45, 2.75) is 66.2 Å². The van der Waals surface area contributed by atoms with Crippen molar-refractivity contribution in [2.24, 2.45) is 0 Å². The minimum Gasteiger partial charge on any atom is -0.491 e. The summed E-state index contributed by atoms with van der Waals surface area (Å²) in [7, 11) is 0. The van der Waals surface area contributed by atoms with Crippen LogP contribution in [-0.4, -0.2) is 31.3 Å². The number of nitrogens with zero attached hydrogens (tertiary/aromatic N) is 3. The molecule has 0 saturated heterocycles. The van der Waals surface area contributed by atoms with Crippen LogP contribution in [0.25, 0.3) is 0 Å². The third-order valence-electron chi connectivity index (χ3n) is 5.43. The van der Waals surface area contributed by atoms with E-state index < -0.39 is 17.3 Å². The molecule has 0 unspecified atom stereocenters. The van der Waals surface area contributed by atoms with E-state index in [0.717, 1.165) is 27.0 Å². The highest BCUT2D eigenvalue weighted by Crippen LogP contribution is 2.24. The van der Waals surface area contributed by atoms with Gasteiger partial charge < -0.3 is 15.2 Å². The number of anilines is 2. The van der Waals surface area contributed by atoms with Crippen LogP contribution >= 0.6 is 0 Å². The van der Waals surface area contributed by atoms with Gasteiger partial charge in [-0.25, -0.2) is 14.2 Å². The molecule has 1 aromatic heterocycles. The molecular weight excluding hydrogens is 448 g/mol. The molecule has 9 nitrogen and oxygen atoms in total. The van der Waals surface area contributed by atoms with Crippen LogP contribution in [-0.2, 0) is 17.9 Å². The van der Waals surface area contributed by atoms with E-state index in [2.05, 4.69) is 10.3 Å². The number of carboxylic acid groups (broad SMARTS) is 1. The molecule has 3 rings (SSSR count). The number of unbranched alkanes of at least 4 members (excludes halogenated alkanes) is 1. The van der Waals surface area contributed by atoms with Gasteiger partial charge in [-0.3, -0.25) is 9.36 Å². The molecule has 0 aliphatic rings. The first-order chi connectivity index (χ1) is 16.6. The maximum Gasteiger partial charge on any atom is 0.354 e. The van der Waals surface area contributed by atoms with Crippen molar-refractivity contribution < 1.29 is 14.6 Å². The first-order valence-corrected chi connectivity index (χ1v) is 11.7. The van der Waals surface area contributed by atoms with Crippen molar-refractivity contribution in [1.82, 2.24) is 14.1 Å². The van der Waals surface area contributed by atoms with Gasteiger partial charge in [-0.2, -0.15) is 4.98 Å². The summed E-state index contributed by atoms with van der Waals surface area (Å²) in [4.78, 5) is 41.0. The van der Waals surface area contributed by atoms with Crippen LogP contribution in [0.4, 0.5) is 11.6 Å². The number of benzene rings is 2. The SMILES string of the molecule is Cc1ccc(Cn2c(Nc3ccc(OC(C)C)c(C)c3)nc(=O)n(CCCCC(=O)O)c2=O)cc1. The predicted molar refractivity (Wildman–Crippen MR) is 135 cm³/mol. The van der Waals surface area contributed by atoms with Gasteiger partial charge in [-0.1, -0.05) is 29.8 Å². The molecule has 0 saturated carbocycles. The number of aryl methyl sites for hydroxylation is 2. The lowest BCUT2D eigenvalue weighted by molar-refractivity contribution is -0.137. The average Bonchev–Trinajstić information content (AvgIpc) is 2.78. The second-order valence-electron chi connectivity index (χ2n) is 8.85. The normalized spacial score (nSPS) is 11.0. The minimum atomic E-state index is -0.910. The summed E-state index contributed by atoms with van der Waals surface area (Å²) in [6, 6.07) is 13.3. The van der Waals surface area contributed by atoms with E-state index in [1.807, 2.05) is 70.2 Å². The highest BCUT2D eigenvalue weighted by molar-refractivity contribution is 5.66. The molecule has 1 heterocycles. The maximum atomic E-state index is 13.4. The molecule has 0 aliphatic carbocycles. The molecule has 0 aliphatic heterocycles. The molecule has 35 heavy (non-hydrogen) atoms. The molecule has 0 amide bonds. The lowest BCUT2D eigenvalue weighted by Crippen LogP contribution is -2.42. The number of aliphatic carboxylic acids is 1. The van der Waals surface area contributed by atoms with E-state index in [9.17, 15) is 14.4 Å². The minimum absolute atomic E-state index is 0.0186. The molecule has 3 aromatic rings. The summed E-state index contributed by atoms with van der Waals surface area (Å²) >= 11 is 0. The summed E-state index contributed by atoms with van der Waals surface area (Å²) in [6.45, 7) is 8.14. The second-order valence-corrected chi connectivity index (χ2v) is 8.85. The Bertz CT molecular complexity index is 1290. The Hall–Kier alpha value is -3.88. The molecule has 0 spiro atoms. The van der Waals surface area contributed by atoms with Gasteiger partial charge in [0.05, 0.1) is 12.6 Å². The fraction of sp³-hybridized carbons (Fsp3) is 0.385. The van der Waals surface area contributed by atoms with Crippen molar-refractivity contribution in [3.05, 3.63) is 80.1 Å². The fourth-order valence-corrected chi connectivity index (χ4v) is 3.62. The van der Waals surface area contributed by atoms with Gasteiger partial charge in [0.1, 0.15) is 5.75 Å². The third-order valence-corrected chi connectivity index (χ3v) is 5.43. The van der Waals surface area contributed by atoms with Crippen LogP contribution in [0.1, 0.15) is 49.8 Å². The first kappa shape index (κ1) is 25.7. The quantitative estimate of drug-likeness (QED) is 0.401. The number of hydrogen-bond donors (Lipinski definition) is 2.